The highest BCUT2D eigenvalue weighted by Crippen LogP contribution is 2.15. The van der Waals surface area contributed by atoms with Gasteiger partial charge in [0.15, 0.2) is 5.96 Å². The van der Waals surface area contributed by atoms with E-state index in [2.05, 4.69) is 33.0 Å². The molecule has 0 bridgehead atoms. The van der Waals surface area contributed by atoms with Crippen LogP contribution < -0.4 is 20.7 Å². The van der Waals surface area contributed by atoms with Crippen molar-refractivity contribution in [1.82, 2.24) is 21.1 Å². The number of carbonyl (C=O) groups is 1. The Labute approximate surface area is 188 Å². The van der Waals surface area contributed by atoms with Crippen LogP contribution >= 0.6 is 24.0 Å². The van der Waals surface area contributed by atoms with E-state index in [-0.39, 0.29) is 29.9 Å². The van der Waals surface area contributed by atoms with Crippen LogP contribution in [0.3, 0.4) is 0 Å². The smallest absolute Gasteiger partial charge is 0.251 e. The minimum Gasteiger partial charge on any atom is -0.497 e. The van der Waals surface area contributed by atoms with Gasteiger partial charge in [-0.15, -0.1) is 24.0 Å². The zero-order chi connectivity index (χ0) is 20.4. The number of benzene rings is 1. The second kappa shape index (κ2) is 13.0. The molecule has 0 saturated heterocycles. The lowest BCUT2D eigenvalue weighted by Crippen LogP contribution is -2.41. The molecule has 2 rings (SSSR count). The fourth-order valence-electron chi connectivity index (χ4n) is 2.73. The topological polar surface area (TPSA) is 101 Å². The molecule has 3 N–H and O–H groups in total. The maximum absolute atomic E-state index is 12.1. The van der Waals surface area contributed by atoms with Crippen LogP contribution in [0.4, 0.5) is 0 Å². The summed E-state index contributed by atoms with van der Waals surface area (Å²) in [6.07, 6.45) is 1.62. The molecule has 0 aliphatic carbocycles. The standard InChI is InChI=1S/C20H29N5O3.HI/c1-5-17-16(18(6-2)28-25-17)13-24-20(21-3)23-12-11-22-19(26)14-7-9-15(27-4)10-8-14;/h7-10H,5-6,11-13H2,1-4H3,(H,22,26)(H2,21,23,24);1H. The second-order valence-corrected chi connectivity index (χ2v) is 6.08. The summed E-state index contributed by atoms with van der Waals surface area (Å²) in [5.74, 6) is 2.14. The van der Waals surface area contributed by atoms with E-state index >= 15 is 0 Å². The van der Waals surface area contributed by atoms with Crippen LogP contribution in [0.15, 0.2) is 33.8 Å². The summed E-state index contributed by atoms with van der Waals surface area (Å²) in [7, 11) is 3.30. The predicted molar refractivity (Wildman–Crippen MR) is 124 cm³/mol. The molecule has 0 unspecified atom stereocenters. The quantitative estimate of drug-likeness (QED) is 0.206. The molecule has 8 nitrogen and oxygen atoms in total. The summed E-state index contributed by atoms with van der Waals surface area (Å²) in [4.78, 5) is 16.3. The van der Waals surface area contributed by atoms with Gasteiger partial charge in [0.1, 0.15) is 11.5 Å². The highest BCUT2D eigenvalue weighted by molar-refractivity contribution is 14.0. The van der Waals surface area contributed by atoms with Crippen molar-refractivity contribution in [2.75, 3.05) is 27.2 Å². The van der Waals surface area contributed by atoms with Gasteiger partial charge in [0.2, 0.25) is 0 Å². The monoisotopic (exact) mass is 515 g/mol. The van der Waals surface area contributed by atoms with Gasteiger partial charge in [-0.2, -0.15) is 0 Å². The van der Waals surface area contributed by atoms with Gasteiger partial charge in [-0.05, 0) is 30.7 Å². The van der Waals surface area contributed by atoms with E-state index in [0.717, 1.165) is 35.6 Å². The first-order chi connectivity index (χ1) is 13.6. The number of ether oxygens (including phenoxy) is 1. The Bertz CT molecular complexity index is 768. The number of aryl methyl sites for hydroxylation is 2. The molecule has 0 saturated carbocycles. The average Bonchev–Trinajstić information content (AvgIpc) is 3.15. The number of methoxy groups -OCH3 is 1. The van der Waals surface area contributed by atoms with Crippen LogP contribution in [0.5, 0.6) is 5.75 Å². The zero-order valence-corrected chi connectivity index (χ0v) is 19.7. The van der Waals surface area contributed by atoms with E-state index in [0.29, 0.717) is 31.2 Å². The van der Waals surface area contributed by atoms with Crippen molar-refractivity contribution in [3.63, 3.8) is 0 Å². The normalized spacial score (nSPS) is 10.8. The Morgan fingerprint density at radius 1 is 1.10 bits per heavy atom. The van der Waals surface area contributed by atoms with E-state index < -0.39 is 0 Å². The van der Waals surface area contributed by atoms with Crippen molar-refractivity contribution in [3.05, 3.63) is 46.8 Å². The Morgan fingerprint density at radius 2 is 1.79 bits per heavy atom. The van der Waals surface area contributed by atoms with E-state index in [9.17, 15) is 4.79 Å². The van der Waals surface area contributed by atoms with Gasteiger partial charge in [-0.3, -0.25) is 9.79 Å². The third-order valence-corrected chi connectivity index (χ3v) is 4.32. The third-order valence-electron chi connectivity index (χ3n) is 4.32. The number of rotatable bonds is 9. The summed E-state index contributed by atoms with van der Waals surface area (Å²) >= 11 is 0. The largest absolute Gasteiger partial charge is 0.497 e. The SMILES string of the molecule is CCc1noc(CC)c1CNC(=NC)NCCNC(=O)c1ccc(OC)cc1.I. The van der Waals surface area contributed by atoms with Gasteiger partial charge in [0, 0.05) is 44.2 Å². The van der Waals surface area contributed by atoms with Crippen LogP contribution in [-0.4, -0.2) is 44.3 Å². The minimum absolute atomic E-state index is 0. The first-order valence-corrected chi connectivity index (χ1v) is 9.45. The first kappa shape index (κ1) is 24.7. The number of guanidine groups is 1. The van der Waals surface area contributed by atoms with Crippen molar-refractivity contribution < 1.29 is 14.1 Å². The molecule has 1 heterocycles. The maximum Gasteiger partial charge on any atom is 0.251 e. The molecule has 0 fully saturated rings. The predicted octanol–water partition coefficient (Wildman–Crippen LogP) is 2.52. The molecule has 0 spiro atoms. The molecule has 160 valence electrons. The van der Waals surface area contributed by atoms with E-state index in [1.54, 1.807) is 38.4 Å². The van der Waals surface area contributed by atoms with E-state index in [1.807, 2.05) is 6.92 Å². The molecule has 1 aromatic carbocycles. The van der Waals surface area contributed by atoms with Gasteiger partial charge < -0.3 is 25.2 Å². The lowest BCUT2D eigenvalue weighted by atomic mass is 10.1. The molecular weight excluding hydrogens is 485 g/mol. The van der Waals surface area contributed by atoms with Gasteiger partial charge >= 0.3 is 0 Å². The Morgan fingerprint density at radius 3 is 2.38 bits per heavy atom. The molecule has 0 aliphatic heterocycles. The number of nitrogens with one attached hydrogen (secondary N) is 3. The first-order valence-electron chi connectivity index (χ1n) is 9.45. The lowest BCUT2D eigenvalue weighted by molar-refractivity contribution is 0.0954. The number of hydrogen-bond acceptors (Lipinski definition) is 5. The van der Waals surface area contributed by atoms with Crippen molar-refractivity contribution in [1.29, 1.82) is 0 Å². The number of aliphatic imine (C=N–C) groups is 1. The van der Waals surface area contributed by atoms with Gasteiger partial charge in [0.25, 0.3) is 5.91 Å². The van der Waals surface area contributed by atoms with Crippen LogP contribution in [0, 0.1) is 0 Å². The summed E-state index contributed by atoms with van der Waals surface area (Å²) in [5, 5.41) is 13.4. The fraction of sp³-hybridized carbons (Fsp3) is 0.450. The number of amides is 1. The Hall–Kier alpha value is -2.30. The van der Waals surface area contributed by atoms with Crippen molar-refractivity contribution in [3.8, 4) is 5.75 Å². The summed E-state index contributed by atoms with van der Waals surface area (Å²) in [5.41, 5.74) is 2.64. The number of carbonyl (C=O) groups excluding carboxylic acids is 1. The van der Waals surface area contributed by atoms with Crippen molar-refractivity contribution in [2.45, 2.75) is 33.2 Å². The Kier molecular flexibility index (Phi) is 11.1. The molecular formula is C20H30IN5O3. The molecule has 0 radical (unpaired) electrons. The summed E-state index contributed by atoms with van der Waals surface area (Å²) in [6, 6.07) is 6.99. The number of aromatic nitrogens is 1. The van der Waals surface area contributed by atoms with Crippen molar-refractivity contribution in [2.24, 2.45) is 4.99 Å². The molecule has 9 heteroatoms. The van der Waals surface area contributed by atoms with Gasteiger partial charge in [0.05, 0.1) is 12.8 Å². The highest BCUT2D eigenvalue weighted by Gasteiger charge is 2.13. The number of hydrogen-bond donors (Lipinski definition) is 3. The third kappa shape index (κ3) is 7.22. The molecule has 0 atom stereocenters. The molecule has 1 aromatic heterocycles. The van der Waals surface area contributed by atoms with E-state index in [4.69, 9.17) is 9.26 Å². The zero-order valence-electron chi connectivity index (χ0n) is 17.4. The summed E-state index contributed by atoms with van der Waals surface area (Å²) in [6.45, 7) is 5.71. The van der Waals surface area contributed by atoms with Crippen LogP contribution in [0.2, 0.25) is 0 Å². The molecule has 2 aromatic rings. The molecule has 1 amide bonds. The number of nitrogens with zero attached hydrogens (tertiary/aromatic N) is 2. The minimum atomic E-state index is -0.128. The Balaban J connectivity index is 0.00000420. The average molecular weight is 515 g/mol. The van der Waals surface area contributed by atoms with E-state index in [1.165, 1.54) is 0 Å². The fourth-order valence-corrected chi connectivity index (χ4v) is 2.73. The lowest BCUT2D eigenvalue weighted by Gasteiger charge is -2.12. The summed E-state index contributed by atoms with van der Waals surface area (Å²) < 4.78 is 10.5. The maximum atomic E-state index is 12.1. The second-order valence-electron chi connectivity index (χ2n) is 6.08. The van der Waals surface area contributed by atoms with Gasteiger partial charge in [-0.25, -0.2) is 0 Å². The van der Waals surface area contributed by atoms with Crippen molar-refractivity contribution >= 4 is 35.8 Å². The number of halogens is 1. The van der Waals surface area contributed by atoms with Crippen LogP contribution in [-0.2, 0) is 19.4 Å². The van der Waals surface area contributed by atoms with Crippen LogP contribution in [0.25, 0.3) is 0 Å². The van der Waals surface area contributed by atoms with Gasteiger partial charge in [-0.1, -0.05) is 19.0 Å². The highest BCUT2D eigenvalue weighted by atomic mass is 127. The molecule has 0 aliphatic rings. The van der Waals surface area contributed by atoms with Crippen LogP contribution in [0.1, 0.15) is 41.2 Å². The molecule has 29 heavy (non-hydrogen) atoms.